The molecule has 1 aliphatic rings. The monoisotopic (exact) mass is 351 g/mol. The van der Waals surface area contributed by atoms with Crippen LogP contribution in [-0.2, 0) is 31.9 Å². The largest absolute Gasteiger partial charge is 0.339 e. The molecular weight excluding hydrogens is 334 g/mol. The van der Waals surface area contributed by atoms with E-state index in [0.29, 0.717) is 0 Å². The van der Waals surface area contributed by atoms with Crippen LogP contribution >= 0.6 is 0 Å². The molecule has 1 fully saturated rings. The van der Waals surface area contributed by atoms with Crippen LogP contribution in [0.3, 0.4) is 0 Å². The van der Waals surface area contributed by atoms with Crippen LogP contribution in [0.4, 0.5) is 0 Å². The predicted molar refractivity (Wildman–Crippen MR) is 76.8 cm³/mol. The summed E-state index contributed by atoms with van der Waals surface area (Å²) in [5.41, 5.74) is 0. The number of sulfonamides is 2. The van der Waals surface area contributed by atoms with Crippen molar-refractivity contribution >= 4 is 26.0 Å². The second kappa shape index (κ2) is 6.32. The van der Waals surface area contributed by atoms with Crippen molar-refractivity contribution in [1.29, 1.82) is 0 Å². The van der Waals surface area contributed by atoms with Crippen LogP contribution in [0.25, 0.3) is 0 Å². The predicted octanol–water partition coefficient (Wildman–Crippen LogP) is -2.54. The highest BCUT2D eigenvalue weighted by Gasteiger charge is 2.24. The van der Waals surface area contributed by atoms with Gasteiger partial charge in [0.2, 0.25) is 26.0 Å². The van der Waals surface area contributed by atoms with E-state index >= 15 is 0 Å². The van der Waals surface area contributed by atoms with Crippen LogP contribution in [0.15, 0.2) is 17.3 Å². The maximum Gasteiger partial charge on any atom is 0.244 e. The number of aromatic nitrogens is 2. The Morgan fingerprint density at radius 1 is 1.45 bits per heavy atom. The zero-order chi connectivity index (χ0) is 16.4. The van der Waals surface area contributed by atoms with E-state index in [9.17, 15) is 21.6 Å². The summed E-state index contributed by atoms with van der Waals surface area (Å²) in [5, 5.41) is 3.76. The average molecular weight is 351 g/mol. The summed E-state index contributed by atoms with van der Waals surface area (Å²) in [6.07, 6.45) is 2.49. The van der Waals surface area contributed by atoms with Gasteiger partial charge in [-0.1, -0.05) is 0 Å². The minimum Gasteiger partial charge on any atom is -0.339 e. The molecule has 0 aromatic carbocycles. The molecule has 1 aliphatic heterocycles. The first-order chi connectivity index (χ1) is 10.2. The number of nitrogens with one attached hydrogen (secondary N) is 2. The zero-order valence-corrected chi connectivity index (χ0v) is 13.5. The molecule has 0 spiro atoms. The topological polar surface area (TPSA) is 130 Å². The van der Waals surface area contributed by atoms with Gasteiger partial charge in [0.1, 0.15) is 4.90 Å². The first kappa shape index (κ1) is 16.9. The Kier molecular flexibility index (Phi) is 4.84. The van der Waals surface area contributed by atoms with Crippen molar-refractivity contribution in [3.05, 3.63) is 12.4 Å². The van der Waals surface area contributed by atoms with Crippen LogP contribution < -0.4 is 9.44 Å². The second-order valence-corrected chi connectivity index (χ2v) is 8.46. The first-order valence-electron chi connectivity index (χ1n) is 6.43. The normalized spacial score (nSPS) is 18.9. The van der Waals surface area contributed by atoms with Crippen molar-refractivity contribution in [2.75, 3.05) is 31.9 Å². The van der Waals surface area contributed by atoms with Gasteiger partial charge in [0.25, 0.3) is 0 Å². The third-order valence-electron chi connectivity index (χ3n) is 3.09. The van der Waals surface area contributed by atoms with Crippen LogP contribution in [0, 0.1) is 0 Å². The van der Waals surface area contributed by atoms with E-state index in [-0.39, 0.29) is 30.3 Å². The SMILES string of the molecule is Cn1cc(S(=O)(=O)NCC(=O)N2CCNS(=O)(=O)CC2)cn1. The van der Waals surface area contributed by atoms with E-state index in [0.717, 1.165) is 0 Å². The Balaban J connectivity index is 1.95. The molecule has 1 aromatic heterocycles. The summed E-state index contributed by atoms with van der Waals surface area (Å²) in [7, 11) is -5.60. The fourth-order valence-electron chi connectivity index (χ4n) is 1.89. The summed E-state index contributed by atoms with van der Waals surface area (Å²) >= 11 is 0. The lowest BCUT2D eigenvalue weighted by Gasteiger charge is -2.19. The maximum atomic E-state index is 12.0. The molecule has 1 saturated heterocycles. The highest BCUT2D eigenvalue weighted by atomic mass is 32.2. The van der Waals surface area contributed by atoms with E-state index < -0.39 is 32.5 Å². The number of hydrogen-bond acceptors (Lipinski definition) is 6. The highest BCUT2D eigenvalue weighted by Crippen LogP contribution is 2.06. The second-order valence-electron chi connectivity index (χ2n) is 4.77. The van der Waals surface area contributed by atoms with Gasteiger partial charge in [-0.25, -0.2) is 26.3 Å². The van der Waals surface area contributed by atoms with E-state index in [1.807, 2.05) is 0 Å². The van der Waals surface area contributed by atoms with Gasteiger partial charge in [-0.15, -0.1) is 0 Å². The van der Waals surface area contributed by atoms with E-state index in [2.05, 4.69) is 14.5 Å². The van der Waals surface area contributed by atoms with E-state index in [4.69, 9.17) is 0 Å². The molecule has 0 aliphatic carbocycles. The molecule has 12 heteroatoms. The minimum atomic E-state index is -3.82. The molecule has 22 heavy (non-hydrogen) atoms. The minimum absolute atomic E-state index is 0.0305. The number of carbonyl (C=O) groups is 1. The zero-order valence-electron chi connectivity index (χ0n) is 11.9. The molecule has 124 valence electrons. The summed E-state index contributed by atoms with van der Waals surface area (Å²) in [6, 6.07) is 0. The molecule has 1 amide bonds. The quantitative estimate of drug-likeness (QED) is 0.615. The number of carbonyl (C=O) groups excluding carboxylic acids is 1. The van der Waals surface area contributed by atoms with Crippen LogP contribution in [0.5, 0.6) is 0 Å². The standard InChI is InChI=1S/C10H17N5O5S2/c1-14-8-9(6-11-14)22(19,20)13-7-10(16)15-3-2-12-21(17,18)5-4-15/h6,8,12-13H,2-5,7H2,1H3. The van der Waals surface area contributed by atoms with Crippen molar-refractivity contribution in [3.8, 4) is 0 Å². The van der Waals surface area contributed by atoms with Crippen molar-refractivity contribution in [3.63, 3.8) is 0 Å². The average Bonchev–Trinajstić information content (AvgIpc) is 2.79. The molecule has 0 bridgehead atoms. The first-order valence-corrected chi connectivity index (χ1v) is 9.56. The molecule has 1 aromatic rings. The van der Waals surface area contributed by atoms with Crippen molar-refractivity contribution in [1.82, 2.24) is 24.1 Å². The number of rotatable bonds is 4. The summed E-state index contributed by atoms with van der Waals surface area (Å²) in [5.74, 6) is -0.681. The van der Waals surface area contributed by atoms with Gasteiger partial charge in [0.05, 0.1) is 18.5 Å². The molecule has 2 N–H and O–H groups in total. The van der Waals surface area contributed by atoms with Crippen LogP contribution in [0.2, 0.25) is 0 Å². The number of nitrogens with zero attached hydrogens (tertiary/aromatic N) is 3. The van der Waals surface area contributed by atoms with Crippen LogP contribution in [-0.4, -0.2) is 69.4 Å². The van der Waals surface area contributed by atoms with Gasteiger partial charge >= 0.3 is 0 Å². The Bertz CT molecular complexity index is 754. The smallest absolute Gasteiger partial charge is 0.244 e. The number of aryl methyl sites for hydroxylation is 1. The van der Waals surface area contributed by atoms with Crippen LogP contribution in [0.1, 0.15) is 0 Å². The van der Waals surface area contributed by atoms with E-state index in [1.165, 1.54) is 22.0 Å². The van der Waals surface area contributed by atoms with Gasteiger partial charge in [-0.2, -0.15) is 5.10 Å². The lowest BCUT2D eigenvalue weighted by atomic mass is 10.4. The lowest BCUT2D eigenvalue weighted by Crippen LogP contribution is -2.42. The summed E-state index contributed by atoms with van der Waals surface area (Å²) < 4.78 is 52.5. The Hall–Kier alpha value is -1.50. The molecule has 0 unspecified atom stereocenters. The Morgan fingerprint density at radius 2 is 2.18 bits per heavy atom. The Morgan fingerprint density at radius 3 is 2.82 bits per heavy atom. The summed E-state index contributed by atoms with van der Waals surface area (Å²) in [6.45, 7) is -0.0871. The molecule has 0 atom stereocenters. The maximum absolute atomic E-state index is 12.0. The molecule has 10 nitrogen and oxygen atoms in total. The highest BCUT2D eigenvalue weighted by molar-refractivity contribution is 7.89. The number of hydrogen-bond donors (Lipinski definition) is 2. The third kappa shape index (κ3) is 4.25. The van der Waals surface area contributed by atoms with Gasteiger partial charge < -0.3 is 4.90 Å². The number of amides is 1. The fraction of sp³-hybridized carbons (Fsp3) is 0.600. The lowest BCUT2D eigenvalue weighted by molar-refractivity contribution is -0.129. The third-order valence-corrected chi connectivity index (χ3v) is 5.81. The van der Waals surface area contributed by atoms with E-state index in [1.54, 1.807) is 7.05 Å². The van der Waals surface area contributed by atoms with Gasteiger partial charge in [-0.3, -0.25) is 9.48 Å². The van der Waals surface area contributed by atoms with Gasteiger partial charge in [-0.05, 0) is 0 Å². The van der Waals surface area contributed by atoms with Gasteiger partial charge in [0.15, 0.2) is 0 Å². The van der Waals surface area contributed by atoms with Gasteiger partial charge in [0, 0.05) is 32.9 Å². The van der Waals surface area contributed by atoms with Crippen molar-refractivity contribution in [2.45, 2.75) is 4.90 Å². The van der Waals surface area contributed by atoms with Crippen molar-refractivity contribution in [2.24, 2.45) is 7.05 Å². The fourth-order valence-corrected chi connectivity index (χ4v) is 3.85. The molecule has 2 heterocycles. The van der Waals surface area contributed by atoms with Crippen molar-refractivity contribution < 1.29 is 21.6 Å². The summed E-state index contributed by atoms with van der Waals surface area (Å²) in [4.78, 5) is 13.3. The molecule has 0 radical (unpaired) electrons. The Labute approximate surface area is 128 Å². The molecular formula is C10H17N5O5S2. The molecule has 2 rings (SSSR count). The molecule has 0 saturated carbocycles.